The number of aromatic hydroxyl groups is 2. The smallest absolute Gasteiger partial charge is 0.248 e. The molecule has 11 aromatic rings. The fourth-order valence-corrected chi connectivity index (χ4v) is 9.76. The van der Waals surface area contributed by atoms with Crippen LogP contribution in [0.25, 0.3) is 109 Å². The predicted octanol–water partition coefficient (Wildman–Crippen LogP) is 5.62. The van der Waals surface area contributed by atoms with Crippen molar-refractivity contribution in [2.45, 2.75) is 13.8 Å². The minimum absolute atomic E-state index is 0.00882. The summed E-state index contributed by atoms with van der Waals surface area (Å²) in [7, 11) is 3.45. The number of aromatic nitrogens is 4. The average Bonchev–Trinajstić information content (AvgIpc) is 3.63. The first kappa shape index (κ1) is 31.9. The van der Waals surface area contributed by atoms with Crippen LogP contribution >= 0.6 is 0 Å². The van der Waals surface area contributed by atoms with Crippen LogP contribution in [0, 0.1) is 13.8 Å². The molecule has 11 rings (SSSR count). The van der Waals surface area contributed by atoms with Crippen molar-refractivity contribution in [3.63, 3.8) is 0 Å². The maximum Gasteiger partial charge on any atom is 0.248 e. The van der Waals surface area contributed by atoms with Crippen LogP contribution < -0.4 is 32.8 Å². The zero-order valence-electron chi connectivity index (χ0n) is 30.0. The first-order chi connectivity index (χ1) is 26.8. The van der Waals surface area contributed by atoms with Gasteiger partial charge in [0.25, 0.3) is 0 Å². The number of hydrogen-bond donors (Lipinski definition) is 4. The summed E-state index contributed by atoms with van der Waals surface area (Å²) in [4.78, 5) is 90.1. The second-order valence-electron chi connectivity index (χ2n) is 14.7. The van der Waals surface area contributed by atoms with E-state index in [0.29, 0.717) is 43.7 Å². The zero-order valence-corrected chi connectivity index (χ0v) is 30.0. The molecule has 0 aliphatic rings. The highest BCUT2D eigenvalue weighted by molar-refractivity contribution is 6.42. The first-order valence-electron chi connectivity index (χ1n) is 17.8. The highest BCUT2D eigenvalue weighted by Crippen LogP contribution is 2.53. The number of benzene rings is 7. The molecule has 0 saturated heterocycles. The van der Waals surface area contributed by atoms with Gasteiger partial charge in [0, 0.05) is 91.1 Å². The monoisotopic (exact) mass is 738 g/mol. The van der Waals surface area contributed by atoms with E-state index < -0.39 is 44.3 Å². The number of hydrogen-bond acceptors (Lipinski definition) is 8. The van der Waals surface area contributed by atoms with Crippen molar-refractivity contribution in [2.24, 2.45) is 14.1 Å². The number of pyridine rings is 2. The number of nitrogens with one attached hydrogen (secondary N) is 2. The Morgan fingerprint density at radius 1 is 0.446 bits per heavy atom. The van der Waals surface area contributed by atoms with Gasteiger partial charge in [-0.25, -0.2) is 0 Å². The molecule has 0 atom stereocenters. The average molecular weight is 739 g/mol. The molecule has 4 N–H and O–H groups in total. The molecule has 12 nitrogen and oxygen atoms in total. The number of rotatable bonds is 0. The first-order valence-corrected chi connectivity index (χ1v) is 17.8. The summed E-state index contributed by atoms with van der Waals surface area (Å²) in [5.41, 5.74) is -1.85. The number of aromatic amines is 2. The number of aryl methyl sites for hydroxylation is 4. The molecule has 0 fully saturated rings. The zero-order chi connectivity index (χ0) is 39.0. The lowest BCUT2D eigenvalue weighted by Gasteiger charge is -2.18. The maximum absolute atomic E-state index is 14.9. The lowest BCUT2D eigenvalue weighted by Crippen LogP contribution is -2.20. The Balaban J connectivity index is 1.61. The Labute approximate surface area is 310 Å². The van der Waals surface area contributed by atoms with Gasteiger partial charge in [0.05, 0.1) is 32.6 Å². The summed E-state index contributed by atoms with van der Waals surface area (Å²) in [5, 5.41) is 26.8. The number of fused-ring (bicyclic) bond motifs is 18. The molecule has 4 heterocycles. The van der Waals surface area contributed by atoms with Crippen molar-refractivity contribution in [3.05, 3.63) is 133 Å². The van der Waals surface area contributed by atoms with Crippen molar-refractivity contribution >= 4 is 109 Å². The van der Waals surface area contributed by atoms with Crippen LogP contribution in [0.1, 0.15) is 11.1 Å². The van der Waals surface area contributed by atoms with E-state index >= 15 is 0 Å². The highest BCUT2D eigenvalue weighted by atomic mass is 16.3. The molecule has 0 spiro atoms. The summed E-state index contributed by atoms with van der Waals surface area (Å²) in [6.07, 6.45) is 0. The van der Waals surface area contributed by atoms with Gasteiger partial charge in [-0.1, -0.05) is 36.4 Å². The third kappa shape index (κ3) is 3.45. The van der Waals surface area contributed by atoms with Crippen LogP contribution in [-0.2, 0) is 14.1 Å². The van der Waals surface area contributed by atoms with E-state index in [2.05, 4.69) is 9.97 Å². The Hall–Kier alpha value is -7.60. The van der Waals surface area contributed by atoms with Gasteiger partial charge in [0.15, 0.2) is 10.9 Å². The Morgan fingerprint density at radius 3 is 1.20 bits per heavy atom. The van der Waals surface area contributed by atoms with Gasteiger partial charge in [0.2, 0.25) is 22.0 Å². The van der Waals surface area contributed by atoms with Gasteiger partial charge in [-0.3, -0.25) is 28.8 Å². The Bertz CT molecular complexity index is 3870. The highest BCUT2D eigenvalue weighted by Gasteiger charge is 2.32. The van der Waals surface area contributed by atoms with Crippen LogP contribution in [-0.4, -0.2) is 29.3 Å². The number of para-hydroxylation sites is 2. The molecule has 12 heteroatoms. The fourth-order valence-electron chi connectivity index (χ4n) is 9.76. The van der Waals surface area contributed by atoms with Gasteiger partial charge in [-0.05, 0) is 37.1 Å². The van der Waals surface area contributed by atoms with E-state index in [4.69, 9.17) is 0 Å². The molecule has 0 amide bonds. The molecule has 0 radical (unpaired) electrons. The standard InChI is InChI=1S/C44H26N4O8/c1-15-13-21(49)45-35-23(15)39(51)27-25-17-9-5-7-11-19(17)47(3)37(25)33-31(29(27)43(35)55)41(53)34-32(42(33)54)30-28(26-18-10-6-8-12-20(18)48(4)38(26)34)40(52)24-16(2)14-22(50)46-36(24)44(30)56/h5-14,53-54H,1-4H3,(H,45,49)(H,46,50). The second kappa shape index (κ2) is 10.1. The Morgan fingerprint density at radius 2 is 0.804 bits per heavy atom. The third-order valence-corrected chi connectivity index (χ3v) is 11.9. The van der Waals surface area contributed by atoms with Gasteiger partial charge < -0.3 is 29.3 Å². The number of phenols is 2. The lowest BCUT2D eigenvalue weighted by atomic mass is 9.87. The predicted molar refractivity (Wildman–Crippen MR) is 221 cm³/mol. The fraction of sp³-hybridized carbons (Fsp3) is 0.0909. The minimum Gasteiger partial charge on any atom is -0.507 e. The molecule has 4 aromatic heterocycles. The SMILES string of the molecule is Cc1cc(=O)[nH]c2c(=O)c3c4c(O)c5c(c(O)c4c4c(c6ccccc6n4C)c3c(=O)c12)c1c(=O)c2[nH]c(=O)cc(C)c2c(=O)c1c1c2ccccc2n(C)c51. The molecular formula is C44H26N4O8. The summed E-state index contributed by atoms with van der Waals surface area (Å²) in [6.45, 7) is 3.15. The van der Waals surface area contributed by atoms with Crippen molar-refractivity contribution in [1.82, 2.24) is 19.1 Å². The largest absolute Gasteiger partial charge is 0.507 e. The molecule has 270 valence electrons. The second-order valence-corrected chi connectivity index (χ2v) is 14.7. The van der Waals surface area contributed by atoms with Crippen LogP contribution in [0.4, 0.5) is 0 Å². The van der Waals surface area contributed by atoms with E-state index in [9.17, 15) is 39.0 Å². The molecule has 7 aromatic carbocycles. The van der Waals surface area contributed by atoms with E-state index in [-0.39, 0.29) is 75.9 Å². The molecule has 0 aliphatic heterocycles. The van der Waals surface area contributed by atoms with E-state index in [0.717, 1.165) is 0 Å². The quantitative estimate of drug-likeness (QED) is 0.0878. The molecule has 0 unspecified atom stereocenters. The van der Waals surface area contributed by atoms with Crippen LogP contribution in [0.3, 0.4) is 0 Å². The number of nitrogens with zero attached hydrogens (tertiary/aromatic N) is 2. The van der Waals surface area contributed by atoms with Crippen molar-refractivity contribution < 1.29 is 10.2 Å². The van der Waals surface area contributed by atoms with Crippen LogP contribution in [0.5, 0.6) is 11.5 Å². The van der Waals surface area contributed by atoms with Gasteiger partial charge in [0.1, 0.15) is 22.5 Å². The molecular weight excluding hydrogens is 713 g/mol. The Kier molecular flexibility index (Phi) is 5.76. The molecule has 0 bridgehead atoms. The van der Waals surface area contributed by atoms with E-state index in [1.54, 1.807) is 73.5 Å². The van der Waals surface area contributed by atoms with Gasteiger partial charge in [-0.15, -0.1) is 0 Å². The van der Waals surface area contributed by atoms with E-state index in [1.165, 1.54) is 12.1 Å². The third-order valence-electron chi connectivity index (χ3n) is 11.9. The summed E-state index contributed by atoms with van der Waals surface area (Å²) >= 11 is 0. The van der Waals surface area contributed by atoms with Crippen molar-refractivity contribution in [1.29, 1.82) is 0 Å². The normalized spacial score (nSPS) is 12.5. The van der Waals surface area contributed by atoms with Crippen LogP contribution in [0.2, 0.25) is 0 Å². The lowest BCUT2D eigenvalue weighted by molar-refractivity contribution is 0.479. The maximum atomic E-state index is 14.9. The topological polar surface area (TPSA) is 184 Å². The summed E-state index contributed by atoms with van der Waals surface area (Å²) in [6, 6.07) is 16.9. The van der Waals surface area contributed by atoms with Crippen molar-refractivity contribution in [2.75, 3.05) is 0 Å². The number of phenolic OH excluding ortho intramolecular Hbond substituents is 2. The van der Waals surface area contributed by atoms with Crippen LogP contribution in [0.15, 0.2) is 89.4 Å². The summed E-state index contributed by atoms with van der Waals surface area (Å²) < 4.78 is 3.49. The number of H-pyrrole nitrogens is 2. The van der Waals surface area contributed by atoms with Gasteiger partial charge in [-0.2, -0.15) is 0 Å². The molecule has 0 saturated carbocycles. The summed E-state index contributed by atoms with van der Waals surface area (Å²) in [5.74, 6) is -1.06. The van der Waals surface area contributed by atoms with Gasteiger partial charge >= 0.3 is 0 Å². The molecule has 0 aliphatic carbocycles. The minimum atomic E-state index is -0.747. The van der Waals surface area contributed by atoms with E-state index in [1.807, 2.05) is 12.1 Å². The van der Waals surface area contributed by atoms with Crippen molar-refractivity contribution in [3.8, 4) is 11.5 Å². The molecule has 56 heavy (non-hydrogen) atoms.